The molecule has 1 N–H and O–H groups in total. The van der Waals surface area contributed by atoms with Gasteiger partial charge in [-0.25, -0.2) is 0 Å². The van der Waals surface area contributed by atoms with Crippen molar-refractivity contribution < 1.29 is 4.79 Å². The lowest BCUT2D eigenvalue weighted by molar-refractivity contribution is -0.115. The van der Waals surface area contributed by atoms with Crippen LogP contribution in [0.4, 0.5) is 11.4 Å². The molecule has 2 rings (SSSR count). The number of nitriles is 1. The third-order valence-corrected chi connectivity index (χ3v) is 3.11. The predicted molar refractivity (Wildman–Crippen MR) is 84.1 cm³/mol. The van der Waals surface area contributed by atoms with Crippen LogP contribution < -0.4 is 10.2 Å². The summed E-state index contributed by atoms with van der Waals surface area (Å²) in [6.45, 7) is 3.03. The van der Waals surface area contributed by atoms with E-state index in [1.54, 1.807) is 24.3 Å². The van der Waals surface area contributed by atoms with Crippen molar-refractivity contribution in [1.29, 1.82) is 5.26 Å². The second-order valence-electron chi connectivity index (χ2n) is 4.59. The number of carbonyl (C=O) groups excluding carboxylic acids is 1. The minimum atomic E-state index is -0.101. The van der Waals surface area contributed by atoms with Gasteiger partial charge in [0.1, 0.15) is 0 Å². The number of para-hydroxylation sites is 1. The van der Waals surface area contributed by atoms with Gasteiger partial charge >= 0.3 is 0 Å². The molecule has 0 unspecified atom stereocenters. The van der Waals surface area contributed by atoms with E-state index in [2.05, 4.69) is 11.4 Å². The minimum Gasteiger partial charge on any atom is -0.362 e. The number of likely N-dealkylation sites (N-methyl/N-ethyl adjacent to an activating group) is 1. The van der Waals surface area contributed by atoms with Crippen molar-refractivity contribution in [3.63, 3.8) is 0 Å². The van der Waals surface area contributed by atoms with Gasteiger partial charge in [0.25, 0.3) is 0 Å². The molecule has 0 atom stereocenters. The van der Waals surface area contributed by atoms with Crippen LogP contribution >= 0.6 is 0 Å². The molecule has 0 saturated heterocycles. The smallest absolute Gasteiger partial charge is 0.243 e. The van der Waals surface area contributed by atoms with Crippen molar-refractivity contribution >= 4 is 17.3 Å². The van der Waals surface area contributed by atoms with Crippen LogP contribution in [0.5, 0.6) is 0 Å². The standard InChI is InChI=1S/C17H17N3O/c1-2-20(16-9-4-3-5-10-16)13-17(21)19-15-8-6-7-14(11-15)12-18/h3-11H,2,13H2,1H3,(H,19,21). The molecule has 0 saturated carbocycles. The molecule has 0 spiro atoms. The SMILES string of the molecule is CCN(CC(=O)Nc1cccc(C#N)c1)c1ccccc1. The van der Waals surface area contributed by atoms with Crippen molar-refractivity contribution in [2.24, 2.45) is 0 Å². The molecular formula is C17H17N3O. The Labute approximate surface area is 124 Å². The van der Waals surface area contributed by atoms with Crippen LogP contribution in [-0.2, 0) is 4.79 Å². The fraction of sp³-hybridized carbons (Fsp3) is 0.176. The summed E-state index contributed by atoms with van der Waals surface area (Å²) >= 11 is 0. The highest BCUT2D eigenvalue weighted by atomic mass is 16.2. The molecule has 21 heavy (non-hydrogen) atoms. The highest BCUT2D eigenvalue weighted by Crippen LogP contribution is 2.14. The Morgan fingerprint density at radius 3 is 2.62 bits per heavy atom. The van der Waals surface area contributed by atoms with Crippen molar-refractivity contribution in [1.82, 2.24) is 0 Å². The normalized spacial score (nSPS) is 9.71. The minimum absolute atomic E-state index is 0.101. The third-order valence-electron chi connectivity index (χ3n) is 3.11. The van der Waals surface area contributed by atoms with Gasteiger partial charge in [-0.3, -0.25) is 4.79 Å². The van der Waals surface area contributed by atoms with E-state index in [9.17, 15) is 4.79 Å². The number of nitrogens with zero attached hydrogens (tertiary/aromatic N) is 2. The first-order chi connectivity index (χ1) is 10.2. The summed E-state index contributed by atoms with van der Waals surface area (Å²) in [5, 5.41) is 11.7. The van der Waals surface area contributed by atoms with Gasteiger partial charge in [-0.1, -0.05) is 24.3 Å². The number of rotatable bonds is 5. The first kappa shape index (κ1) is 14.6. The summed E-state index contributed by atoms with van der Waals surface area (Å²) in [6.07, 6.45) is 0. The average Bonchev–Trinajstić information content (AvgIpc) is 2.53. The van der Waals surface area contributed by atoms with Crippen molar-refractivity contribution in [3.8, 4) is 6.07 Å². The van der Waals surface area contributed by atoms with Crippen molar-refractivity contribution in [2.45, 2.75) is 6.92 Å². The van der Waals surface area contributed by atoms with Gasteiger partial charge in [-0.15, -0.1) is 0 Å². The summed E-state index contributed by atoms with van der Waals surface area (Å²) in [5.74, 6) is -0.101. The van der Waals surface area contributed by atoms with E-state index < -0.39 is 0 Å². The highest BCUT2D eigenvalue weighted by molar-refractivity contribution is 5.94. The number of anilines is 2. The van der Waals surface area contributed by atoms with E-state index in [1.165, 1.54) is 0 Å². The van der Waals surface area contributed by atoms with E-state index >= 15 is 0 Å². The van der Waals surface area contributed by atoms with E-state index in [1.807, 2.05) is 42.2 Å². The molecule has 1 amide bonds. The number of nitrogens with one attached hydrogen (secondary N) is 1. The van der Waals surface area contributed by atoms with Crippen LogP contribution in [0.15, 0.2) is 54.6 Å². The number of carbonyl (C=O) groups is 1. The van der Waals surface area contributed by atoms with E-state index in [0.717, 1.165) is 12.2 Å². The molecule has 0 aliphatic carbocycles. The van der Waals surface area contributed by atoms with Crippen molar-refractivity contribution in [3.05, 3.63) is 60.2 Å². The first-order valence-corrected chi connectivity index (χ1v) is 6.83. The molecule has 0 fully saturated rings. The molecule has 0 bridgehead atoms. The van der Waals surface area contributed by atoms with E-state index in [0.29, 0.717) is 11.3 Å². The predicted octanol–water partition coefficient (Wildman–Crippen LogP) is 3.02. The maximum atomic E-state index is 12.1. The van der Waals surface area contributed by atoms with E-state index in [4.69, 9.17) is 5.26 Å². The fourth-order valence-electron chi connectivity index (χ4n) is 2.06. The van der Waals surface area contributed by atoms with Gasteiger partial charge in [-0.05, 0) is 37.3 Å². The zero-order valence-corrected chi connectivity index (χ0v) is 11.9. The first-order valence-electron chi connectivity index (χ1n) is 6.83. The largest absolute Gasteiger partial charge is 0.362 e. The van der Waals surface area contributed by atoms with Crippen molar-refractivity contribution in [2.75, 3.05) is 23.3 Å². The van der Waals surface area contributed by atoms with Crippen LogP contribution in [0.2, 0.25) is 0 Å². The lowest BCUT2D eigenvalue weighted by Crippen LogP contribution is -2.33. The van der Waals surface area contributed by atoms with E-state index in [-0.39, 0.29) is 12.5 Å². The van der Waals surface area contributed by atoms with Crippen LogP contribution in [0.3, 0.4) is 0 Å². The Hall–Kier alpha value is -2.80. The molecule has 0 aromatic heterocycles. The maximum absolute atomic E-state index is 12.1. The molecule has 106 valence electrons. The molecule has 0 heterocycles. The van der Waals surface area contributed by atoms with Crippen LogP contribution in [-0.4, -0.2) is 19.0 Å². The Kier molecular flexibility index (Phi) is 4.94. The quantitative estimate of drug-likeness (QED) is 0.915. The monoisotopic (exact) mass is 279 g/mol. The zero-order chi connectivity index (χ0) is 15.1. The van der Waals surface area contributed by atoms with Gasteiger partial charge in [0.15, 0.2) is 0 Å². The molecule has 2 aromatic carbocycles. The second-order valence-corrected chi connectivity index (χ2v) is 4.59. The number of benzene rings is 2. The molecule has 0 aliphatic heterocycles. The second kappa shape index (κ2) is 7.11. The van der Waals surface area contributed by atoms with Gasteiger partial charge < -0.3 is 10.2 Å². The lowest BCUT2D eigenvalue weighted by Gasteiger charge is -2.22. The average molecular weight is 279 g/mol. The number of amides is 1. The molecular weight excluding hydrogens is 262 g/mol. The van der Waals surface area contributed by atoms with Gasteiger partial charge in [0, 0.05) is 17.9 Å². The summed E-state index contributed by atoms with van der Waals surface area (Å²) < 4.78 is 0. The van der Waals surface area contributed by atoms with Crippen LogP contribution in [0, 0.1) is 11.3 Å². The van der Waals surface area contributed by atoms with Gasteiger partial charge in [-0.2, -0.15) is 5.26 Å². The molecule has 2 aromatic rings. The van der Waals surface area contributed by atoms with Crippen LogP contribution in [0.25, 0.3) is 0 Å². The Balaban J connectivity index is 2.02. The van der Waals surface area contributed by atoms with Crippen LogP contribution in [0.1, 0.15) is 12.5 Å². The Morgan fingerprint density at radius 1 is 1.19 bits per heavy atom. The molecule has 4 heteroatoms. The number of hydrogen-bond acceptors (Lipinski definition) is 3. The van der Waals surface area contributed by atoms with Gasteiger partial charge in [0.05, 0.1) is 18.2 Å². The summed E-state index contributed by atoms with van der Waals surface area (Å²) in [7, 11) is 0. The molecule has 4 nitrogen and oxygen atoms in total. The Morgan fingerprint density at radius 2 is 1.95 bits per heavy atom. The summed E-state index contributed by atoms with van der Waals surface area (Å²) in [5.41, 5.74) is 2.19. The third kappa shape index (κ3) is 4.08. The molecule has 0 radical (unpaired) electrons. The fourth-order valence-corrected chi connectivity index (χ4v) is 2.06. The lowest BCUT2D eigenvalue weighted by atomic mass is 10.2. The zero-order valence-electron chi connectivity index (χ0n) is 11.9. The highest BCUT2D eigenvalue weighted by Gasteiger charge is 2.10. The maximum Gasteiger partial charge on any atom is 0.243 e. The van der Waals surface area contributed by atoms with Gasteiger partial charge in [0.2, 0.25) is 5.91 Å². The topological polar surface area (TPSA) is 56.1 Å². The molecule has 0 aliphatic rings. The summed E-state index contributed by atoms with van der Waals surface area (Å²) in [6, 6.07) is 18.8. The Bertz CT molecular complexity index is 647. The summed E-state index contributed by atoms with van der Waals surface area (Å²) in [4.78, 5) is 14.1. The number of hydrogen-bond donors (Lipinski definition) is 1.